The van der Waals surface area contributed by atoms with E-state index in [-0.39, 0.29) is 6.04 Å². The fourth-order valence-corrected chi connectivity index (χ4v) is 2.27. The Morgan fingerprint density at radius 1 is 1.33 bits per heavy atom. The molecule has 0 saturated carbocycles. The van der Waals surface area contributed by atoms with E-state index >= 15 is 0 Å². The highest BCUT2D eigenvalue weighted by atomic mass is 15.1. The molecule has 0 spiro atoms. The van der Waals surface area contributed by atoms with Crippen molar-refractivity contribution in [2.24, 2.45) is 5.73 Å². The lowest BCUT2D eigenvalue weighted by Gasteiger charge is -2.15. The van der Waals surface area contributed by atoms with Crippen LogP contribution in [0, 0.1) is 13.8 Å². The Morgan fingerprint density at radius 2 is 2.11 bits per heavy atom. The van der Waals surface area contributed by atoms with Crippen molar-refractivity contribution in [2.75, 3.05) is 0 Å². The van der Waals surface area contributed by atoms with Crippen LogP contribution in [0.3, 0.4) is 0 Å². The Morgan fingerprint density at radius 3 is 2.83 bits per heavy atom. The van der Waals surface area contributed by atoms with Gasteiger partial charge >= 0.3 is 0 Å². The van der Waals surface area contributed by atoms with Crippen molar-refractivity contribution >= 4 is 0 Å². The van der Waals surface area contributed by atoms with Crippen LogP contribution in [-0.4, -0.2) is 9.55 Å². The van der Waals surface area contributed by atoms with Crippen LogP contribution >= 0.6 is 0 Å². The maximum absolute atomic E-state index is 6.28. The summed E-state index contributed by atoms with van der Waals surface area (Å²) in [5.74, 6) is 0.971. The number of aromatic nitrogens is 2. The predicted molar refractivity (Wildman–Crippen MR) is 74.4 cm³/mol. The van der Waals surface area contributed by atoms with Crippen LogP contribution in [0.4, 0.5) is 0 Å². The molecule has 2 aromatic rings. The van der Waals surface area contributed by atoms with Crippen molar-refractivity contribution in [3.63, 3.8) is 0 Å². The first kappa shape index (κ1) is 12.8. The van der Waals surface area contributed by atoms with Gasteiger partial charge in [0.15, 0.2) is 0 Å². The maximum atomic E-state index is 6.28. The summed E-state index contributed by atoms with van der Waals surface area (Å²) in [5, 5.41) is 0. The molecule has 1 aromatic heterocycles. The average molecular weight is 243 g/mol. The molecule has 0 aliphatic heterocycles. The number of nitrogens with zero attached hydrogens (tertiary/aromatic N) is 2. The third kappa shape index (κ3) is 2.62. The minimum Gasteiger partial charge on any atom is -0.334 e. The van der Waals surface area contributed by atoms with Crippen molar-refractivity contribution in [1.29, 1.82) is 0 Å². The molecule has 1 heterocycles. The zero-order valence-corrected chi connectivity index (χ0v) is 11.4. The largest absolute Gasteiger partial charge is 0.334 e. The van der Waals surface area contributed by atoms with Crippen LogP contribution in [0.15, 0.2) is 30.6 Å². The van der Waals surface area contributed by atoms with Gasteiger partial charge < -0.3 is 10.3 Å². The standard InChI is InChI=1S/C15H21N3/c1-4-18-8-7-17-15(18)14(16)10-13-9-11(2)5-6-12(13)3/h5-9,14H,4,10,16H2,1-3H3. The van der Waals surface area contributed by atoms with E-state index in [4.69, 9.17) is 5.73 Å². The number of benzene rings is 1. The van der Waals surface area contributed by atoms with Crippen LogP contribution in [0.1, 0.15) is 35.5 Å². The summed E-state index contributed by atoms with van der Waals surface area (Å²) in [4.78, 5) is 4.37. The SMILES string of the molecule is CCn1ccnc1C(N)Cc1cc(C)ccc1C. The third-order valence-electron chi connectivity index (χ3n) is 3.36. The summed E-state index contributed by atoms with van der Waals surface area (Å²) in [6.45, 7) is 7.26. The summed E-state index contributed by atoms with van der Waals surface area (Å²) in [6.07, 6.45) is 4.64. The molecule has 0 amide bonds. The molecular weight excluding hydrogens is 222 g/mol. The highest BCUT2D eigenvalue weighted by Crippen LogP contribution is 2.18. The maximum Gasteiger partial charge on any atom is 0.125 e. The molecule has 2 N–H and O–H groups in total. The zero-order chi connectivity index (χ0) is 13.1. The molecule has 0 radical (unpaired) electrons. The molecule has 0 aliphatic carbocycles. The average Bonchev–Trinajstić information content (AvgIpc) is 2.82. The Hall–Kier alpha value is -1.61. The summed E-state index contributed by atoms with van der Waals surface area (Å²) in [6, 6.07) is 6.47. The molecule has 18 heavy (non-hydrogen) atoms. The van der Waals surface area contributed by atoms with Gasteiger partial charge in [-0.2, -0.15) is 0 Å². The van der Waals surface area contributed by atoms with Crippen molar-refractivity contribution in [3.05, 3.63) is 53.1 Å². The Labute approximate surface area is 109 Å². The first-order valence-electron chi connectivity index (χ1n) is 6.44. The number of rotatable bonds is 4. The van der Waals surface area contributed by atoms with Crippen LogP contribution in [0.2, 0.25) is 0 Å². The first-order valence-corrected chi connectivity index (χ1v) is 6.44. The van der Waals surface area contributed by atoms with E-state index in [9.17, 15) is 0 Å². The fraction of sp³-hybridized carbons (Fsp3) is 0.400. The molecule has 96 valence electrons. The van der Waals surface area contributed by atoms with Crippen LogP contribution in [0.25, 0.3) is 0 Å². The van der Waals surface area contributed by atoms with E-state index in [0.29, 0.717) is 0 Å². The highest BCUT2D eigenvalue weighted by Gasteiger charge is 2.13. The van der Waals surface area contributed by atoms with Gasteiger partial charge in [-0.3, -0.25) is 0 Å². The van der Waals surface area contributed by atoms with Gasteiger partial charge in [0, 0.05) is 18.9 Å². The fourth-order valence-electron chi connectivity index (χ4n) is 2.27. The van der Waals surface area contributed by atoms with E-state index in [2.05, 4.69) is 48.5 Å². The van der Waals surface area contributed by atoms with Crippen molar-refractivity contribution in [1.82, 2.24) is 9.55 Å². The van der Waals surface area contributed by atoms with E-state index in [1.165, 1.54) is 16.7 Å². The second-order valence-corrected chi connectivity index (χ2v) is 4.81. The molecule has 1 unspecified atom stereocenters. The van der Waals surface area contributed by atoms with Gasteiger partial charge in [0.1, 0.15) is 5.82 Å². The lowest BCUT2D eigenvalue weighted by Crippen LogP contribution is -2.19. The molecule has 3 heteroatoms. The van der Waals surface area contributed by atoms with Crippen molar-refractivity contribution in [3.8, 4) is 0 Å². The molecule has 0 fully saturated rings. The van der Waals surface area contributed by atoms with Gasteiger partial charge in [0.05, 0.1) is 6.04 Å². The van der Waals surface area contributed by atoms with Gasteiger partial charge in [0.25, 0.3) is 0 Å². The Balaban J connectivity index is 2.21. The second kappa shape index (κ2) is 5.36. The minimum atomic E-state index is -0.0413. The van der Waals surface area contributed by atoms with E-state index in [1.807, 2.05) is 12.4 Å². The lowest BCUT2D eigenvalue weighted by molar-refractivity contribution is 0.599. The zero-order valence-electron chi connectivity index (χ0n) is 11.4. The van der Waals surface area contributed by atoms with E-state index in [1.54, 1.807) is 0 Å². The summed E-state index contributed by atoms with van der Waals surface area (Å²) >= 11 is 0. The van der Waals surface area contributed by atoms with Crippen LogP contribution in [-0.2, 0) is 13.0 Å². The molecule has 1 aromatic carbocycles. The molecular formula is C15H21N3. The van der Waals surface area contributed by atoms with Crippen molar-refractivity contribution in [2.45, 2.75) is 39.8 Å². The number of aryl methyl sites for hydroxylation is 3. The predicted octanol–water partition coefficient (Wildman–Crippen LogP) is 2.76. The number of nitrogens with two attached hydrogens (primary N) is 1. The summed E-state index contributed by atoms with van der Waals surface area (Å²) in [5.41, 5.74) is 10.2. The molecule has 0 aliphatic rings. The van der Waals surface area contributed by atoms with E-state index < -0.39 is 0 Å². The van der Waals surface area contributed by atoms with E-state index in [0.717, 1.165) is 18.8 Å². The molecule has 0 saturated heterocycles. The lowest BCUT2D eigenvalue weighted by atomic mass is 9.99. The number of hydrogen-bond acceptors (Lipinski definition) is 2. The highest BCUT2D eigenvalue weighted by molar-refractivity contribution is 5.31. The number of imidazole rings is 1. The Bertz CT molecular complexity index is 528. The van der Waals surface area contributed by atoms with Crippen LogP contribution in [0.5, 0.6) is 0 Å². The van der Waals surface area contributed by atoms with Gasteiger partial charge in [-0.15, -0.1) is 0 Å². The number of hydrogen-bond donors (Lipinski definition) is 1. The Kier molecular flexibility index (Phi) is 3.82. The van der Waals surface area contributed by atoms with Gasteiger partial charge in [-0.25, -0.2) is 4.98 Å². The van der Waals surface area contributed by atoms with Gasteiger partial charge in [-0.05, 0) is 38.3 Å². The monoisotopic (exact) mass is 243 g/mol. The molecule has 1 atom stereocenters. The van der Waals surface area contributed by atoms with Crippen molar-refractivity contribution < 1.29 is 0 Å². The van der Waals surface area contributed by atoms with Gasteiger partial charge in [-0.1, -0.05) is 23.8 Å². The molecule has 3 nitrogen and oxygen atoms in total. The second-order valence-electron chi connectivity index (χ2n) is 4.81. The normalized spacial score (nSPS) is 12.7. The quantitative estimate of drug-likeness (QED) is 0.897. The molecule has 0 bridgehead atoms. The minimum absolute atomic E-state index is 0.0413. The molecule has 2 rings (SSSR count). The first-order chi connectivity index (χ1) is 8.61. The van der Waals surface area contributed by atoms with Crippen LogP contribution < -0.4 is 5.73 Å². The van der Waals surface area contributed by atoms with Gasteiger partial charge in [0.2, 0.25) is 0 Å². The topological polar surface area (TPSA) is 43.8 Å². The smallest absolute Gasteiger partial charge is 0.125 e. The third-order valence-corrected chi connectivity index (χ3v) is 3.36. The summed E-state index contributed by atoms with van der Waals surface area (Å²) in [7, 11) is 0. The summed E-state index contributed by atoms with van der Waals surface area (Å²) < 4.78 is 2.11.